The molecule has 130 valence electrons. The molecular weight excluding hydrogens is 290 g/mol. The molecule has 0 aromatic carbocycles. The predicted octanol–water partition coefficient (Wildman–Crippen LogP) is 4.43. The van der Waals surface area contributed by atoms with E-state index in [1.807, 2.05) is 41.5 Å². The van der Waals surface area contributed by atoms with Crippen molar-refractivity contribution in [3.8, 4) is 0 Å². The van der Waals surface area contributed by atoms with Crippen LogP contribution in [0.1, 0.15) is 41.5 Å². The van der Waals surface area contributed by atoms with Gasteiger partial charge in [-0.15, -0.1) is 0 Å². The fourth-order valence-corrected chi connectivity index (χ4v) is 1.12. The molecule has 5 heteroatoms. The molecule has 0 amide bonds. The molecule has 0 aromatic heterocycles. The maximum absolute atomic E-state index is 12.8. The predicted molar refractivity (Wildman–Crippen MR) is 85.5 cm³/mol. The Balaban J connectivity index is 0. The summed E-state index contributed by atoms with van der Waals surface area (Å²) in [6.45, 7) is 11.3. The van der Waals surface area contributed by atoms with Crippen molar-refractivity contribution in [2.75, 3.05) is 13.7 Å². The lowest BCUT2D eigenvalue weighted by Gasteiger charge is -2.09. The maximum Gasteiger partial charge on any atom is 0.366 e. The summed E-state index contributed by atoms with van der Waals surface area (Å²) >= 11 is 0. The third kappa shape index (κ3) is 11.4. The van der Waals surface area contributed by atoms with Gasteiger partial charge in [-0.1, -0.05) is 41.5 Å². The van der Waals surface area contributed by atoms with Crippen molar-refractivity contribution in [2.24, 2.45) is 23.7 Å². The normalized spacial score (nSPS) is 15.3. The molecule has 2 atom stereocenters. The molecular formula is C17H30F2O3. The highest BCUT2D eigenvalue weighted by molar-refractivity contribution is 5.85. The lowest BCUT2D eigenvalue weighted by atomic mass is 9.97. The number of ether oxygens (including phenoxy) is 1. The van der Waals surface area contributed by atoms with Gasteiger partial charge in [0.15, 0.2) is 0 Å². The fourth-order valence-electron chi connectivity index (χ4n) is 1.12. The number of rotatable bonds is 6. The molecule has 2 unspecified atom stereocenters. The quantitative estimate of drug-likeness (QED) is 0.582. The molecule has 0 aliphatic carbocycles. The van der Waals surface area contributed by atoms with Crippen molar-refractivity contribution in [3.63, 3.8) is 0 Å². The smallest absolute Gasteiger partial charge is 0.366 e. The van der Waals surface area contributed by atoms with E-state index in [-0.39, 0.29) is 11.8 Å². The Hall–Kier alpha value is -1.23. The number of allylic oxidation sites excluding steroid dienone is 2. The maximum atomic E-state index is 12.8. The van der Waals surface area contributed by atoms with Crippen LogP contribution in [0.5, 0.6) is 0 Å². The summed E-state index contributed by atoms with van der Waals surface area (Å²) in [5.74, 6) is -1.14. The minimum atomic E-state index is -0.900. The Labute approximate surface area is 133 Å². The van der Waals surface area contributed by atoms with E-state index in [1.54, 1.807) is 0 Å². The number of esters is 1. The molecule has 0 saturated heterocycles. The van der Waals surface area contributed by atoms with Gasteiger partial charge in [0.05, 0.1) is 13.7 Å². The molecule has 3 nitrogen and oxygen atoms in total. The van der Waals surface area contributed by atoms with Crippen molar-refractivity contribution >= 4 is 5.97 Å². The van der Waals surface area contributed by atoms with Gasteiger partial charge in [0.2, 0.25) is 5.83 Å². The monoisotopic (exact) mass is 320 g/mol. The van der Waals surface area contributed by atoms with Gasteiger partial charge in [-0.05, 0) is 35.8 Å². The van der Waals surface area contributed by atoms with Crippen LogP contribution in [0.25, 0.3) is 0 Å². The number of aliphatic hydroxyl groups excluding tert-OH is 1. The number of carbonyl (C=O) groups excluding carboxylic acids is 1. The van der Waals surface area contributed by atoms with Crippen LogP contribution in [0.4, 0.5) is 8.78 Å². The summed E-state index contributed by atoms with van der Waals surface area (Å²) in [6, 6.07) is 0. The zero-order valence-electron chi connectivity index (χ0n) is 14.7. The SMILES string of the molecule is CC(C)C(C)/C=C(/F)CO.COC(=O)/C(F)=C\C(C)C(C)C. The highest BCUT2D eigenvalue weighted by Gasteiger charge is 2.12. The van der Waals surface area contributed by atoms with E-state index in [4.69, 9.17) is 5.11 Å². The summed E-state index contributed by atoms with van der Waals surface area (Å²) in [7, 11) is 1.16. The van der Waals surface area contributed by atoms with E-state index in [2.05, 4.69) is 4.74 Å². The molecule has 0 radical (unpaired) electrons. The standard InChI is InChI=1S/C9H15FO2.C8H15FO/c1-6(2)7(3)5-8(10)9(11)12-4;1-6(2)7(3)4-8(9)5-10/h5-7H,1-4H3;4,6-7,10H,5H2,1-3H3/b8-5+;8-4+. The minimum Gasteiger partial charge on any atom is -0.464 e. The number of methoxy groups -OCH3 is 1. The van der Waals surface area contributed by atoms with Gasteiger partial charge in [-0.25, -0.2) is 9.18 Å². The number of carbonyl (C=O) groups is 1. The van der Waals surface area contributed by atoms with Crippen molar-refractivity contribution in [2.45, 2.75) is 41.5 Å². The molecule has 0 aromatic rings. The van der Waals surface area contributed by atoms with Gasteiger partial charge in [-0.3, -0.25) is 0 Å². The van der Waals surface area contributed by atoms with Crippen LogP contribution >= 0.6 is 0 Å². The van der Waals surface area contributed by atoms with Gasteiger partial charge in [0, 0.05) is 0 Å². The summed E-state index contributed by atoms with van der Waals surface area (Å²) in [6.07, 6.45) is 2.75. The van der Waals surface area contributed by atoms with E-state index in [0.29, 0.717) is 11.8 Å². The third-order valence-corrected chi connectivity index (χ3v) is 3.49. The summed E-state index contributed by atoms with van der Waals surface area (Å²) in [4.78, 5) is 10.6. The topological polar surface area (TPSA) is 46.5 Å². The molecule has 0 rings (SSSR count). The number of hydrogen-bond donors (Lipinski definition) is 1. The molecule has 0 bridgehead atoms. The van der Waals surface area contributed by atoms with E-state index >= 15 is 0 Å². The van der Waals surface area contributed by atoms with Crippen LogP contribution in [-0.2, 0) is 9.53 Å². The lowest BCUT2D eigenvalue weighted by molar-refractivity contribution is -0.137. The molecule has 0 aliphatic rings. The van der Waals surface area contributed by atoms with Crippen LogP contribution in [0.15, 0.2) is 23.8 Å². The average molecular weight is 320 g/mol. The van der Waals surface area contributed by atoms with Crippen molar-refractivity contribution in [1.82, 2.24) is 0 Å². The Morgan fingerprint density at radius 3 is 1.73 bits per heavy atom. The second-order valence-electron chi connectivity index (χ2n) is 5.98. The first-order valence-corrected chi connectivity index (χ1v) is 7.49. The minimum absolute atomic E-state index is 0.0455. The second kappa shape index (κ2) is 12.3. The van der Waals surface area contributed by atoms with Gasteiger partial charge in [0.1, 0.15) is 5.83 Å². The molecule has 0 heterocycles. The van der Waals surface area contributed by atoms with Crippen LogP contribution in [-0.4, -0.2) is 24.8 Å². The third-order valence-electron chi connectivity index (χ3n) is 3.49. The van der Waals surface area contributed by atoms with Gasteiger partial charge in [0.25, 0.3) is 0 Å². The number of halogens is 2. The number of hydrogen-bond acceptors (Lipinski definition) is 3. The van der Waals surface area contributed by atoms with Gasteiger partial charge >= 0.3 is 5.97 Å². The molecule has 0 fully saturated rings. The molecule has 0 saturated carbocycles. The lowest BCUT2D eigenvalue weighted by Crippen LogP contribution is -2.05. The Bertz CT molecular complexity index is 374. The summed E-state index contributed by atoms with van der Waals surface area (Å²) < 4.78 is 29.4. The average Bonchev–Trinajstić information content (AvgIpc) is 2.46. The first-order valence-electron chi connectivity index (χ1n) is 7.49. The van der Waals surface area contributed by atoms with Crippen LogP contribution in [0, 0.1) is 23.7 Å². The van der Waals surface area contributed by atoms with Crippen LogP contribution < -0.4 is 0 Å². The Morgan fingerprint density at radius 1 is 1.00 bits per heavy atom. The first kappa shape index (κ1) is 23.0. The molecule has 22 heavy (non-hydrogen) atoms. The van der Waals surface area contributed by atoms with Gasteiger partial charge < -0.3 is 9.84 Å². The summed E-state index contributed by atoms with van der Waals surface area (Å²) in [5, 5.41) is 8.32. The Kier molecular flexibility index (Phi) is 12.9. The fraction of sp³-hybridized carbons (Fsp3) is 0.706. The molecule has 0 spiro atoms. The highest BCUT2D eigenvalue weighted by Crippen LogP contribution is 2.15. The zero-order valence-corrected chi connectivity index (χ0v) is 14.7. The van der Waals surface area contributed by atoms with Crippen molar-refractivity contribution in [3.05, 3.63) is 23.8 Å². The number of aliphatic hydroxyl groups is 1. The van der Waals surface area contributed by atoms with Gasteiger partial charge in [-0.2, -0.15) is 4.39 Å². The second-order valence-corrected chi connectivity index (χ2v) is 5.98. The Morgan fingerprint density at radius 2 is 1.41 bits per heavy atom. The van der Waals surface area contributed by atoms with E-state index in [9.17, 15) is 13.6 Å². The summed E-state index contributed by atoms with van der Waals surface area (Å²) in [5.41, 5.74) is 0. The van der Waals surface area contributed by atoms with Crippen LogP contribution in [0.2, 0.25) is 0 Å². The van der Waals surface area contributed by atoms with E-state index in [0.717, 1.165) is 7.11 Å². The van der Waals surface area contributed by atoms with Crippen molar-refractivity contribution < 1.29 is 23.4 Å². The largest absolute Gasteiger partial charge is 0.464 e. The van der Waals surface area contributed by atoms with E-state index < -0.39 is 24.2 Å². The van der Waals surface area contributed by atoms with Crippen LogP contribution in [0.3, 0.4) is 0 Å². The zero-order chi connectivity index (χ0) is 17.9. The molecule has 0 aliphatic heterocycles. The van der Waals surface area contributed by atoms with Crippen molar-refractivity contribution in [1.29, 1.82) is 0 Å². The first-order chi connectivity index (χ1) is 10.1. The molecule has 1 N–H and O–H groups in total. The van der Waals surface area contributed by atoms with E-state index in [1.165, 1.54) is 12.2 Å². The highest BCUT2D eigenvalue weighted by atomic mass is 19.1.